The second-order valence-corrected chi connectivity index (χ2v) is 10.4. The monoisotopic (exact) mass is 384 g/mol. The van der Waals surface area contributed by atoms with E-state index in [1.807, 2.05) is 0 Å². The Bertz CT molecular complexity index is 420. The molecule has 3 heterocycles. The molecule has 27 heavy (non-hydrogen) atoms. The molecule has 1 saturated carbocycles. The van der Waals surface area contributed by atoms with Gasteiger partial charge in [0.2, 0.25) is 0 Å². The van der Waals surface area contributed by atoms with Crippen LogP contribution >= 0.6 is 0 Å². The van der Waals surface area contributed by atoms with E-state index in [9.17, 15) is 0 Å². The van der Waals surface area contributed by atoms with Crippen LogP contribution < -0.4 is 0 Å². The molecule has 6 heteroatoms. The van der Waals surface area contributed by atoms with Crippen LogP contribution in [0.25, 0.3) is 0 Å². The summed E-state index contributed by atoms with van der Waals surface area (Å²) in [6, 6.07) is 0. The summed E-state index contributed by atoms with van der Waals surface area (Å²) >= 11 is 0. The third kappa shape index (κ3) is 5.03. The molecule has 4 aliphatic rings. The largest absolute Gasteiger partial charge is 0.380 e. The van der Waals surface area contributed by atoms with Crippen molar-refractivity contribution in [2.24, 2.45) is 16.2 Å². The van der Waals surface area contributed by atoms with Gasteiger partial charge in [0.1, 0.15) is 0 Å². The van der Waals surface area contributed by atoms with E-state index in [1.54, 1.807) is 0 Å². The van der Waals surface area contributed by atoms with E-state index in [2.05, 4.69) is 20.8 Å². The average Bonchev–Trinajstić information content (AvgIpc) is 2.58. The maximum atomic E-state index is 6.31. The molecular formula is C21H36O6. The highest BCUT2D eigenvalue weighted by atomic mass is 16.5. The van der Waals surface area contributed by atoms with Crippen LogP contribution in [0.1, 0.15) is 40.0 Å². The molecule has 156 valence electrons. The molecule has 0 unspecified atom stereocenters. The van der Waals surface area contributed by atoms with Gasteiger partial charge >= 0.3 is 0 Å². The van der Waals surface area contributed by atoms with Crippen LogP contribution in [0.15, 0.2) is 0 Å². The Morgan fingerprint density at radius 3 is 1.00 bits per heavy atom. The summed E-state index contributed by atoms with van der Waals surface area (Å²) in [7, 11) is 0. The highest BCUT2D eigenvalue weighted by molar-refractivity contribution is 4.87. The zero-order chi connectivity index (χ0) is 19.0. The third-order valence-corrected chi connectivity index (χ3v) is 6.28. The molecule has 6 nitrogen and oxygen atoms in total. The molecule has 0 N–H and O–H groups in total. The van der Waals surface area contributed by atoms with Gasteiger partial charge in [-0.05, 0) is 19.3 Å². The van der Waals surface area contributed by atoms with Crippen molar-refractivity contribution in [2.75, 3.05) is 59.5 Å². The zero-order valence-corrected chi connectivity index (χ0v) is 17.2. The maximum Gasteiger partial charge on any atom is 0.0624 e. The lowest BCUT2D eigenvalue weighted by Crippen LogP contribution is -2.48. The molecule has 0 aromatic rings. The second-order valence-electron chi connectivity index (χ2n) is 10.4. The van der Waals surface area contributed by atoms with Gasteiger partial charge < -0.3 is 28.4 Å². The Hall–Kier alpha value is -0.240. The van der Waals surface area contributed by atoms with Crippen LogP contribution in [0.5, 0.6) is 0 Å². The molecule has 1 aliphatic carbocycles. The van der Waals surface area contributed by atoms with Gasteiger partial charge in [-0.3, -0.25) is 0 Å². The number of rotatable bonds is 9. The molecule has 0 aromatic carbocycles. The summed E-state index contributed by atoms with van der Waals surface area (Å²) < 4.78 is 35.0. The molecule has 0 radical (unpaired) electrons. The smallest absolute Gasteiger partial charge is 0.0624 e. The molecule has 0 bridgehead atoms. The van der Waals surface area contributed by atoms with Crippen molar-refractivity contribution in [3.8, 4) is 0 Å². The van der Waals surface area contributed by atoms with Crippen molar-refractivity contribution in [2.45, 2.75) is 58.3 Å². The number of ether oxygens (including phenoxy) is 6. The van der Waals surface area contributed by atoms with Gasteiger partial charge in [0.25, 0.3) is 0 Å². The first kappa shape index (κ1) is 20.0. The summed E-state index contributed by atoms with van der Waals surface area (Å²) in [5, 5.41) is 0. The molecule has 0 aromatic heterocycles. The van der Waals surface area contributed by atoms with Crippen molar-refractivity contribution in [1.29, 1.82) is 0 Å². The van der Waals surface area contributed by atoms with E-state index in [4.69, 9.17) is 28.4 Å². The minimum Gasteiger partial charge on any atom is -0.380 e. The minimum atomic E-state index is 0.178. The van der Waals surface area contributed by atoms with E-state index in [1.165, 1.54) is 0 Å². The topological polar surface area (TPSA) is 55.4 Å². The van der Waals surface area contributed by atoms with Gasteiger partial charge in [-0.25, -0.2) is 0 Å². The standard InChI is InChI=1S/C21H36O6/c1-19(7-22-8-19)13-25-16-4-17(26-14-20(2)9-23-10-20)6-18(5-16)27-15-21(3)11-24-12-21/h16-18H,4-15H2,1-3H3. The Morgan fingerprint density at radius 1 is 0.556 bits per heavy atom. The predicted molar refractivity (Wildman–Crippen MR) is 99.8 cm³/mol. The summed E-state index contributed by atoms with van der Waals surface area (Å²) in [6.45, 7) is 13.8. The fraction of sp³-hybridized carbons (Fsp3) is 1.00. The van der Waals surface area contributed by atoms with Crippen LogP contribution in [-0.4, -0.2) is 77.8 Å². The molecule has 0 amide bonds. The lowest BCUT2D eigenvalue weighted by Gasteiger charge is -2.43. The van der Waals surface area contributed by atoms with E-state index in [0.29, 0.717) is 0 Å². The average molecular weight is 385 g/mol. The number of hydrogen-bond acceptors (Lipinski definition) is 6. The summed E-state index contributed by atoms with van der Waals surface area (Å²) in [6.07, 6.45) is 3.45. The SMILES string of the molecule is CC1(COC2CC(OCC3(C)COC3)CC(OCC3(C)COC3)C2)COC1. The molecule has 3 saturated heterocycles. The van der Waals surface area contributed by atoms with Gasteiger partial charge in [-0.15, -0.1) is 0 Å². The highest BCUT2D eigenvalue weighted by Gasteiger charge is 2.40. The van der Waals surface area contributed by atoms with Gasteiger partial charge in [0.15, 0.2) is 0 Å². The fourth-order valence-electron chi connectivity index (χ4n) is 4.14. The fourth-order valence-corrected chi connectivity index (χ4v) is 4.14. The molecule has 3 aliphatic heterocycles. The molecule has 4 fully saturated rings. The predicted octanol–water partition coefficient (Wildman–Crippen LogP) is 2.44. The quantitative estimate of drug-likeness (QED) is 0.609. The lowest BCUT2D eigenvalue weighted by atomic mass is 9.87. The van der Waals surface area contributed by atoms with Gasteiger partial charge in [-0.1, -0.05) is 20.8 Å². The van der Waals surface area contributed by atoms with Gasteiger partial charge in [0, 0.05) is 16.2 Å². The van der Waals surface area contributed by atoms with Crippen LogP contribution in [0.4, 0.5) is 0 Å². The van der Waals surface area contributed by atoms with Crippen molar-refractivity contribution in [3.05, 3.63) is 0 Å². The number of hydrogen-bond donors (Lipinski definition) is 0. The van der Waals surface area contributed by atoms with Crippen molar-refractivity contribution in [1.82, 2.24) is 0 Å². The Labute approximate surface area is 163 Å². The van der Waals surface area contributed by atoms with Crippen LogP contribution in [0, 0.1) is 16.2 Å². The summed E-state index contributed by atoms with van der Waals surface area (Å²) in [5.41, 5.74) is 0.535. The van der Waals surface area contributed by atoms with Gasteiger partial charge in [-0.2, -0.15) is 0 Å². The highest BCUT2D eigenvalue weighted by Crippen LogP contribution is 2.34. The van der Waals surface area contributed by atoms with Crippen molar-refractivity contribution in [3.63, 3.8) is 0 Å². The van der Waals surface area contributed by atoms with Crippen LogP contribution in [0.3, 0.4) is 0 Å². The Morgan fingerprint density at radius 2 is 0.815 bits per heavy atom. The minimum absolute atomic E-state index is 0.178. The Kier molecular flexibility index (Phi) is 5.85. The van der Waals surface area contributed by atoms with E-state index >= 15 is 0 Å². The maximum absolute atomic E-state index is 6.31. The summed E-state index contributed by atoms with van der Waals surface area (Å²) in [4.78, 5) is 0. The lowest BCUT2D eigenvalue weighted by molar-refractivity contribution is -0.192. The van der Waals surface area contributed by atoms with Crippen molar-refractivity contribution < 1.29 is 28.4 Å². The van der Waals surface area contributed by atoms with Crippen LogP contribution in [0.2, 0.25) is 0 Å². The molecule has 0 spiro atoms. The third-order valence-electron chi connectivity index (χ3n) is 6.28. The molecular weight excluding hydrogens is 348 g/mol. The molecule has 4 rings (SSSR count). The van der Waals surface area contributed by atoms with Crippen LogP contribution in [-0.2, 0) is 28.4 Å². The first-order valence-corrected chi connectivity index (χ1v) is 10.4. The molecule has 0 atom stereocenters. The first-order chi connectivity index (χ1) is 12.9. The zero-order valence-electron chi connectivity index (χ0n) is 17.2. The summed E-state index contributed by atoms with van der Waals surface area (Å²) in [5.74, 6) is 0. The van der Waals surface area contributed by atoms with Gasteiger partial charge in [0.05, 0.1) is 77.8 Å². The van der Waals surface area contributed by atoms with E-state index < -0.39 is 0 Å². The van der Waals surface area contributed by atoms with Crippen molar-refractivity contribution >= 4 is 0 Å². The second kappa shape index (κ2) is 7.88. The normalized spacial score (nSPS) is 36.3. The van der Waals surface area contributed by atoms with E-state index in [0.717, 1.165) is 78.7 Å². The first-order valence-electron chi connectivity index (χ1n) is 10.4. The Balaban J connectivity index is 1.29. The van der Waals surface area contributed by atoms with E-state index in [-0.39, 0.29) is 34.6 Å².